The van der Waals surface area contributed by atoms with Gasteiger partial charge in [0, 0.05) is 29.2 Å². The smallest absolute Gasteiger partial charge is 0.338 e. The summed E-state index contributed by atoms with van der Waals surface area (Å²) >= 11 is 1.35. The third-order valence-corrected chi connectivity index (χ3v) is 9.94. The lowest BCUT2D eigenvalue weighted by molar-refractivity contribution is -0.139. The van der Waals surface area contributed by atoms with Crippen molar-refractivity contribution in [3.05, 3.63) is 163 Å². The average molecular weight is 634 g/mol. The summed E-state index contributed by atoms with van der Waals surface area (Å²) in [4.78, 5) is 33.3. The van der Waals surface area contributed by atoms with Gasteiger partial charge in [-0.15, -0.1) is 0 Å². The van der Waals surface area contributed by atoms with Crippen LogP contribution in [0, 0.1) is 0 Å². The molecule has 1 aliphatic heterocycles. The minimum atomic E-state index is -0.675. The predicted octanol–water partition coefficient (Wildman–Crippen LogP) is 7.11. The van der Waals surface area contributed by atoms with Gasteiger partial charge in [0.2, 0.25) is 0 Å². The molecule has 47 heavy (non-hydrogen) atoms. The van der Waals surface area contributed by atoms with E-state index in [0.29, 0.717) is 27.1 Å². The van der Waals surface area contributed by atoms with Crippen LogP contribution < -0.4 is 14.9 Å². The summed E-state index contributed by atoms with van der Waals surface area (Å²) in [7, 11) is 0. The molecule has 8 rings (SSSR count). The minimum Gasteiger partial charge on any atom is -0.463 e. The zero-order valence-electron chi connectivity index (χ0n) is 26.0. The van der Waals surface area contributed by atoms with Gasteiger partial charge in [-0.1, -0.05) is 114 Å². The van der Waals surface area contributed by atoms with Crippen LogP contribution in [0.4, 0.5) is 0 Å². The molecule has 0 saturated carbocycles. The number of hydrogen-bond acceptors (Lipinski definition) is 5. The molecule has 0 bridgehead atoms. The summed E-state index contributed by atoms with van der Waals surface area (Å²) in [5.74, 6) is -0.461. The second-order valence-electron chi connectivity index (χ2n) is 11.7. The van der Waals surface area contributed by atoms with E-state index < -0.39 is 12.0 Å². The molecule has 230 valence electrons. The molecule has 2 aromatic heterocycles. The van der Waals surface area contributed by atoms with Gasteiger partial charge in [0.1, 0.15) is 0 Å². The molecule has 0 fully saturated rings. The van der Waals surface area contributed by atoms with Gasteiger partial charge in [0.25, 0.3) is 5.56 Å². The zero-order valence-corrected chi connectivity index (χ0v) is 26.8. The third kappa shape index (κ3) is 4.91. The van der Waals surface area contributed by atoms with Crippen LogP contribution in [-0.4, -0.2) is 21.7 Å². The highest BCUT2D eigenvalue weighted by Crippen LogP contribution is 2.35. The molecule has 1 aliphatic rings. The molecule has 1 atom stereocenters. The first-order valence-corrected chi connectivity index (χ1v) is 16.6. The Bertz CT molecular complexity index is 2580. The first-order chi connectivity index (χ1) is 23.0. The molecular formula is C40H31N3O3S. The predicted molar refractivity (Wildman–Crippen MR) is 189 cm³/mol. The van der Waals surface area contributed by atoms with Gasteiger partial charge in [-0.25, -0.2) is 9.79 Å². The minimum absolute atomic E-state index is 0.188. The number of esters is 1. The molecule has 0 spiro atoms. The van der Waals surface area contributed by atoms with Crippen LogP contribution in [-0.2, 0) is 16.1 Å². The van der Waals surface area contributed by atoms with E-state index in [1.807, 2.05) is 67.6 Å². The number of hydrogen-bond donors (Lipinski definition) is 0. The molecular weight excluding hydrogens is 603 g/mol. The van der Waals surface area contributed by atoms with Gasteiger partial charge < -0.3 is 9.30 Å². The van der Waals surface area contributed by atoms with Crippen molar-refractivity contribution in [2.45, 2.75) is 26.4 Å². The Morgan fingerprint density at radius 1 is 0.851 bits per heavy atom. The quantitative estimate of drug-likeness (QED) is 0.184. The number of carbonyl (C=O) groups is 1. The Balaban J connectivity index is 1.31. The summed E-state index contributed by atoms with van der Waals surface area (Å²) in [6.45, 7) is 4.53. The molecule has 0 saturated heterocycles. The standard InChI is InChI=1S/C40H31N3O3S/c1-3-46-39(45)36-25(2)41-40-43(37(36)33-20-11-15-27-13-5-7-18-31(27)33)38(44)35(47-40)22-29-24-42(34-21-9-8-19-32(29)34)23-28-16-10-14-26-12-4-6-17-30(26)28/h4-22,24,37H,3,23H2,1-2H3/b35-22+. The van der Waals surface area contributed by atoms with E-state index in [9.17, 15) is 9.59 Å². The summed E-state index contributed by atoms with van der Waals surface area (Å²) in [5.41, 5.74) is 4.89. The number of thiazole rings is 1. The van der Waals surface area contributed by atoms with Crippen LogP contribution in [0.5, 0.6) is 0 Å². The fourth-order valence-electron chi connectivity index (χ4n) is 6.85. The van der Waals surface area contributed by atoms with Crippen molar-refractivity contribution in [3.63, 3.8) is 0 Å². The highest BCUT2D eigenvalue weighted by molar-refractivity contribution is 7.07. The van der Waals surface area contributed by atoms with E-state index in [1.54, 1.807) is 11.5 Å². The molecule has 7 aromatic rings. The number of ether oxygens (including phenoxy) is 1. The van der Waals surface area contributed by atoms with E-state index in [4.69, 9.17) is 9.73 Å². The topological polar surface area (TPSA) is 65.6 Å². The zero-order chi connectivity index (χ0) is 32.1. The van der Waals surface area contributed by atoms with Crippen molar-refractivity contribution < 1.29 is 9.53 Å². The van der Waals surface area contributed by atoms with E-state index in [2.05, 4.69) is 65.4 Å². The van der Waals surface area contributed by atoms with Crippen LogP contribution in [0.1, 0.15) is 36.6 Å². The summed E-state index contributed by atoms with van der Waals surface area (Å²) < 4.78 is 10.0. The SMILES string of the molecule is CCOC(=O)C1=C(C)N=c2s/c(=C/c3cn(Cc4cccc5ccccc45)c4ccccc34)c(=O)n2C1c1cccc2ccccc12. The monoisotopic (exact) mass is 633 g/mol. The largest absolute Gasteiger partial charge is 0.463 e. The lowest BCUT2D eigenvalue weighted by atomic mass is 9.91. The Morgan fingerprint density at radius 2 is 1.51 bits per heavy atom. The Morgan fingerprint density at radius 3 is 2.30 bits per heavy atom. The molecule has 0 radical (unpaired) electrons. The van der Waals surface area contributed by atoms with Gasteiger partial charge in [0.15, 0.2) is 4.80 Å². The molecule has 7 heteroatoms. The molecule has 0 N–H and O–H groups in total. The van der Waals surface area contributed by atoms with Gasteiger partial charge in [-0.2, -0.15) is 0 Å². The maximum Gasteiger partial charge on any atom is 0.338 e. The number of allylic oxidation sites excluding steroid dienone is 1. The number of rotatable bonds is 6. The molecule has 5 aromatic carbocycles. The van der Waals surface area contributed by atoms with Crippen molar-refractivity contribution >= 4 is 55.8 Å². The third-order valence-electron chi connectivity index (χ3n) is 8.96. The van der Waals surface area contributed by atoms with Crippen molar-refractivity contribution in [3.8, 4) is 0 Å². The van der Waals surface area contributed by atoms with Crippen LogP contribution >= 0.6 is 11.3 Å². The maximum absolute atomic E-state index is 14.5. The number of nitrogens with zero attached hydrogens (tertiary/aromatic N) is 3. The van der Waals surface area contributed by atoms with Crippen molar-refractivity contribution in [2.24, 2.45) is 4.99 Å². The Labute approximate surface area is 274 Å². The number of fused-ring (bicyclic) bond motifs is 4. The summed E-state index contributed by atoms with van der Waals surface area (Å²) in [6.07, 6.45) is 4.09. The van der Waals surface area contributed by atoms with Gasteiger partial charge in [0.05, 0.1) is 28.5 Å². The van der Waals surface area contributed by atoms with Crippen LogP contribution in [0.2, 0.25) is 0 Å². The van der Waals surface area contributed by atoms with Crippen molar-refractivity contribution in [1.82, 2.24) is 9.13 Å². The van der Waals surface area contributed by atoms with Gasteiger partial charge in [-0.05, 0) is 58.7 Å². The van der Waals surface area contributed by atoms with Crippen molar-refractivity contribution in [1.29, 1.82) is 0 Å². The summed E-state index contributed by atoms with van der Waals surface area (Å²) in [5, 5.41) is 5.50. The Kier molecular flexibility index (Phi) is 7.18. The van der Waals surface area contributed by atoms with Gasteiger partial charge in [-0.3, -0.25) is 9.36 Å². The highest BCUT2D eigenvalue weighted by Gasteiger charge is 2.34. The second-order valence-corrected chi connectivity index (χ2v) is 12.7. The van der Waals surface area contributed by atoms with E-state index in [0.717, 1.165) is 32.8 Å². The molecule has 3 heterocycles. The fraction of sp³-hybridized carbons (Fsp3) is 0.125. The highest BCUT2D eigenvalue weighted by atomic mass is 32.1. The maximum atomic E-state index is 14.5. The first kappa shape index (κ1) is 28.9. The molecule has 0 amide bonds. The average Bonchev–Trinajstić information content (AvgIpc) is 3.59. The lowest BCUT2D eigenvalue weighted by Gasteiger charge is -2.25. The normalized spacial score (nSPS) is 14.9. The van der Waals surface area contributed by atoms with E-state index in [1.165, 1.54) is 27.7 Å². The molecule has 1 unspecified atom stereocenters. The fourth-order valence-corrected chi connectivity index (χ4v) is 7.89. The van der Waals surface area contributed by atoms with E-state index >= 15 is 0 Å². The molecule has 6 nitrogen and oxygen atoms in total. The first-order valence-electron chi connectivity index (χ1n) is 15.7. The van der Waals surface area contributed by atoms with Crippen LogP contribution in [0.25, 0.3) is 38.5 Å². The number of carbonyl (C=O) groups excluding carboxylic acids is 1. The number of benzene rings is 5. The van der Waals surface area contributed by atoms with Gasteiger partial charge >= 0.3 is 5.97 Å². The van der Waals surface area contributed by atoms with Crippen LogP contribution in [0.3, 0.4) is 0 Å². The number of para-hydroxylation sites is 1. The summed E-state index contributed by atoms with van der Waals surface area (Å²) in [6, 6.07) is 36.5. The Hall–Kier alpha value is -5.53. The van der Waals surface area contributed by atoms with Crippen molar-refractivity contribution in [2.75, 3.05) is 6.61 Å². The van der Waals surface area contributed by atoms with Crippen LogP contribution in [0.15, 0.2) is 136 Å². The number of aromatic nitrogens is 2. The lowest BCUT2D eigenvalue weighted by Crippen LogP contribution is -2.40. The second kappa shape index (κ2) is 11.7. The van der Waals surface area contributed by atoms with E-state index in [-0.39, 0.29) is 12.2 Å². The molecule has 0 aliphatic carbocycles.